The number of furan rings is 1. The van der Waals surface area contributed by atoms with Gasteiger partial charge in [0.15, 0.2) is 10.7 Å². The number of amides is 1. The lowest BCUT2D eigenvalue weighted by atomic mass is 10.1. The van der Waals surface area contributed by atoms with Crippen LogP contribution in [0.25, 0.3) is 40.0 Å². The van der Waals surface area contributed by atoms with Gasteiger partial charge in [-0.05, 0) is 110 Å². The second-order valence-electron chi connectivity index (χ2n) is 9.04. The fraction of sp³-hybridized carbons (Fsp3) is 0.100. The van der Waals surface area contributed by atoms with E-state index in [2.05, 4.69) is 15.6 Å². The average molecular weight is 577 g/mol. The summed E-state index contributed by atoms with van der Waals surface area (Å²) in [6.07, 6.45) is 2.89. The number of aromatic nitrogens is 1. The number of hydrogen-bond donors (Lipinski definition) is 2. The smallest absolute Gasteiger partial charge is 0.250 e. The lowest BCUT2D eigenvalue weighted by Gasteiger charge is -2.12. The van der Waals surface area contributed by atoms with E-state index in [1.54, 1.807) is 36.4 Å². The largest absolute Gasteiger partial charge is 0.457 e. The molecule has 0 atom stereocenters. The number of anilines is 1. The van der Waals surface area contributed by atoms with Gasteiger partial charge in [-0.1, -0.05) is 29.3 Å². The first kappa shape index (κ1) is 26.7. The highest BCUT2D eigenvalue weighted by Crippen LogP contribution is 2.32. The number of carbonyl (C=O) groups is 1. The molecule has 0 saturated carbocycles. The molecule has 1 amide bonds. The molecule has 0 spiro atoms. The fourth-order valence-corrected chi connectivity index (χ4v) is 4.79. The minimum absolute atomic E-state index is 0.155. The van der Waals surface area contributed by atoms with Crippen LogP contribution in [-0.2, 0) is 4.79 Å². The number of carbonyl (C=O) groups excluding carboxylic acids is 1. The number of nitrogens with zero attached hydrogens (tertiary/aromatic N) is 1. The van der Waals surface area contributed by atoms with Crippen molar-refractivity contribution in [2.24, 2.45) is 0 Å². The van der Waals surface area contributed by atoms with Crippen LogP contribution in [0.4, 0.5) is 5.69 Å². The highest BCUT2D eigenvalue weighted by molar-refractivity contribution is 7.80. The average Bonchev–Trinajstić information content (AvgIpc) is 3.51. The number of nitrogens with one attached hydrogen (secondary N) is 2. The molecule has 2 N–H and O–H groups in total. The molecule has 3 aromatic carbocycles. The Balaban J connectivity index is 1.25. The zero-order chi connectivity index (χ0) is 27.7. The van der Waals surface area contributed by atoms with E-state index in [0.717, 1.165) is 44.6 Å². The number of halogens is 2. The third kappa shape index (κ3) is 6.06. The van der Waals surface area contributed by atoms with Crippen LogP contribution >= 0.6 is 35.4 Å². The molecular weight excluding hydrogens is 553 g/mol. The summed E-state index contributed by atoms with van der Waals surface area (Å²) in [7, 11) is 0. The van der Waals surface area contributed by atoms with Crippen LogP contribution in [0.15, 0.2) is 75.6 Å². The first-order chi connectivity index (χ1) is 18.7. The van der Waals surface area contributed by atoms with Gasteiger partial charge in [-0.2, -0.15) is 0 Å². The van der Waals surface area contributed by atoms with Crippen molar-refractivity contribution in [2.45, 2.75) is 20.8 Å². The molecule has 0 bridgehead atoms. The summed E-state index contributed by atoms with van der Waals surface area (Å²) in [5.41, 5.74) is 7.02. The summed E-state index contributed by atoms with van der Waals surface area (Å²) in [6, 6.07) is 18.4. The van der Waals surface area contributed by atoms with Crippen molar-refractivity contribution >= 4 is 69.3 Å². The molecule has 0 aliphatic rings. The Morgan fingerprint density at radius 3 is 2.46 bits per heavy atom. The van der Waals surface area contributed by atoms with Crippen molar-refractivity contribution in [3.63, 3.8) is 0 Å². The SMILES string of the molecule is Cc1cc2nc(-c3cccc(NC(=S)NC(=O)/C=C/c4ccc(-c5cc(Cl)cc(Cl)c5)o4)c3C)oc2cc1C. The van der Waals surface area contributed by atoms with Crippen LogP contribution < -0.4 is 10.6 Å². The van der Waals surface area contributed by atoms with Gasteiger partial charge in [0.25, 0.3) is 0 Å². The fourth-order valence-electron chi connectivity index (χ4n) is 4.06. The first-order valence-electron chi connectivity index (χ1n) is 12.0. The maximum atomic E-state index is 12.5. The normalized spacial score (nSPS) is 11.3. The summed E-state index contributed by atoms with van der Waals surface area (Å²) >= 11 is 17.5. The molecular formula is C30H23Cl2N3O3S. The summed E-state index contributed by atoms with van der Waals surface area (Å²) in [4.78, 5) is 17.2. The summed E-state index contributed by atoms with van der Waals surface area (Å²) < 4.78 is 11.8. The molecule has 0 saturated heterocycles. The minimum atomic E-state index is -0.408. The van der Waals surface area contributed by atoms with Crippen LogP contribution in [0, 0.1) is 20.8 Å². The molecule has 0 unspecified atom stereocenters. The number of thiocarbonyl (C=S) groups is 1. The van der Waals surface area contributed by atoms with E-state index in [9.17, 15) is 4.79 Å². The van der Waals surface area contributed by atoms with Gasteiger partial charge in [-0.15, -0.1) is 0 Å². The van der Waals surface area contributed by atoms with Crippen LogP contribution in [0.3, 0.4) is 0 Å². The molecule has 9 heteroatoms. The molecule has 5 rings (SSSR count). The van der Waals surface area contributed by atoms with E-state index < -0.39 is 5.91 Å². The van der Waals surface area contributed by atoms with Gasteiger partial charge in [0.2, 0.25) is 11.8 Å². The summed E-state index contributed by atoms with van der Waals surface area (Å²) in [5, 5.41) is 6.90. The molecule has 5 aromatic rings. The summed E-state index contributed by atoms with van der Waals surface area (Å²) in [5.74, 6) is 1.18. The van der Waals surface area contributed by atoms with Gasteiger partial charge in [0.1, 0.15) is 17.0 Å². The molecule has 0 aliphatic carbocycles. The number of benzene rings is 3. The Morgan fingerprint density at radius 1 is 0.949 bits per heavy atom. The second kappa shape index (κ2) is 11.1. The molecule has 0 aliphatic heterocycles. The highest BCUT2D eigenvalue weighted by atomic mass is 35.5. The Labute approximate surface area is 240 Å². The number of aryl methyl sites for hydroxylation is 2. The topological polar surface area (TPSA) is 80.3 Å². The lowest BCUT2D eigenvalue weighted by Crippen LogP contribution is -2.33. The van der Waals surface area contributed by atoms with E-state index in [1.165, 1.54) is 6.08 Å². The number of fused-ring (bicyclic) bond motifs is 1. The molecule has 2 aromatic heterocycles. The highest BCUT2D eigenvalue weighted by Gasteiger charge is 2.15. The van der Waals surface area contributed by atoms with Crippen molar-refractivity contribution in [1.29, 1.82) is 0 Å². The quantitative estimate of drug-likeness (QED) is 0.161. The predicted octanol–water partition coefficient (Wildman–Crippen LogP) is 8.51. The molecule has 0 radical (unpaired) electrons. The molecule has 39 heavy (non-hydrogen) atoms. The lowest BCUT2D eigenvalue weighted by molar-refractivity contribution is -0.115. The van der Waals surface area contributed by atoms with Crippen molar-refractivity contribution in [3.8, 4) is 22.8 Å². The van der Waals surface area contributed by atoms with E-state index in [0.29, 0.717) is 27.5 Å². The number of rotatable bonds is 5. The van der Waals surface area contributed by atoms with Gasteiger partial charge in [-0.25, -0.2) is 4.98 Å². The Hall–Kier alpha value is -3.91. The van der Waals surface area contributed by atoms with Crippen LogP contribution in [0.1, 0.15) is 22.5 Å². The maximum Gasteiger partial charge on any atom is 0.250 e. The molecule has 6 nitrogen and oxygen atoms in total. The Kier molecular flexibility index (Phi) is 7.57. The third-order valence-electron chi connectivity index (χ3n) is 6.23. The van der Waals surface area contributed by atoms with Crippen molar-refractivity contribution < 1.29 is 13.6 Å². The zero-order valence-electron chi connectivity index (χ0n) is 21.3. The maximum absolute atomic E-state index is 12.5. The van der Waals surface area contributed by atoms with E-state index in [1.807, 2.05) is 51.1 Å². The Morgan fingerprint density at radius 2 is 1.69 bits per heavy atom. The van der Waals surface area contributed by atoms with Gasteiger partial charge in [0.05, 0.1) is 0 Å². The van der Waals surface area contributed by atoms with Crippen LogP contribution in [0.5, 0.6) is 0 Å². The van der Waals surface area contributed by atoms with E-state index in [-0.39, 0.29) is 5.11 Å². The monoisotopic (exact) mass is 575 g/mol. The third-order valence-corrected chi connectivity index (χ3v) is 6.87. The van der Waals surface area contributed by atoms with Gasteiger partial charge in [-0.3, -0.25) is 10.1 Å². The van der Waals surface area contributed by atoms with Gasteiger partial charge in [0, 0.05) is 32.9 Å². The standard InChI is InChI=1S/C30H23Cl2N3O3S/c1-16-11-25-27(12-17(16)2)38-29(33-25)23-5-4-6-24(18(23)3)34-30(39)35-28(36)10-8-22-7-9-26(37-22)19-13-20(31)15-21(32)14-19/h4-15H,1-3H3,(H2,34,35,36,39)/b10-8+. The van der Waals surface area contributed by atoms with E-state index >= 15 is 0 Å². The zero-order valence-corrected chi connectivity index (χ0v) is 23.6. The number of oxazole rings is 1. The van der Waals surface area contributed by atoms with Crippen molar-refractivity contribution in [2.75, 3.05) is 5.32 Å². The number of hydrogen-bond acceptors (Lipinski definition) is 5. The second-order valence-corrected chi connectivity index (χ2v) is 10.3. The van der Waals surface area contributed by atoms with Crippen molar-refractivity contribution in [1.82, 2.24) is 10.3 Å². The van der Waals surface area contributed by atoms with Crippen LogP contribution in [0.2, 0.25) is 10.0 Å². The van der Waals surface area contributed by atoms with E-state index in [4.69, 9.17) is 44.3 Å². The van der Waals surface area contributed by atoms with Gasteiger partial charge < -0.3 is 14.2 Å². The first-order valence-corrected chi connectivity index (χ1v) is 13.2. The van der Waals surface area contributed by atoms with Crippen molar-refractivity contribution in [3.05, 3.63) is 99.2 Å². The molecule has 0 fully saturated rings. The Bertz CT molecular complexity index is 1710. The van der Waals surface area contributed by atoms with Crippen LogP contribution in [-0.4, -0.2) is 16.0 Å². The minimum Gasteiger partial charge on any atom is -0.457 e. The van der Waals surface area contributed by atoms with Gasteiger partial charge >= 0.3 is 0 Å². The molecule has 196 valence electrons. The summed E-state index contributed by atoms with van der Waals surface area (Å²) in [6.45, 7) is 6.03. The molecule has 2 heterocycles. The predicted molar refractivity (Wildman–Crippen MR) is 161 cm³/mol.